The molecule has 0 atom stereocenters. The third-order valence-electron chi connectivity index (χ3n) is 4.52. The SMILES string of the molecule is CCOC(=O)COc1ccc(C(=O)CN2CCN(c3ccncc3)CC2=O)cc1. The number of amides is 1. The largest absolute Gasteiger partial charge is 0.482 e. The second kappa shape index (κ2) is 9.68. The summed E-state index contributed by atoms with van der Waals surface area (Å²) < 4.78 is 10.1. The van der Waals surface area contributed by atoms with Gasteiger partial charge in [0.2, 0.25) is 5.91 Å². The molecular weight excluding hydrogens is 374 g/mol. The summed E-state index contributed by atoms with van der Waals surface area (Å²) in [6.45, 7) is 3.24. The summed E-state index contributed by atoms with van der Waals surface area (Å²) in [6, 6.07) is 10.2. The zero-order valence-corrected chi connectivity index (χ0v) is 16.2. The highest BCUT2D eigenvalue weighted by Crippen LogP contribution is 2.17. The van der Waals surface area contributed by atoms with Crippen molar-refractivity contribution in [1.82, 2.24) is 9.88 Å². The van der Waals surface area contributed by atoms with E-state index in [-0.39, 0.29) is 31.4 Å². The van der Waals surface area contributed by atoms with Crippen molar-refractivity contribution in [3.63, 3.8) is 0 Å². The Bertz CT molecular complexity index is 854. The zero-order valence-electron chi connectivity index (χ0n) is 16.2. The number of hydrogen-bond acceptors (Lipinski definition) is 7. The Kier molecular flexibility index (Phi) is 6.78. The van der Waals surface area contributed by atoms with Crippen LogP contribution in [0.1, 0.15) is 17.3 Å². The van der Waals surface area contributed by atoms with Gasteiger partial charge in [-0.1, -0.05) is 0 Å². The van der Waals surface area contributed by atoms with Crippen molar-refractivity contribution >= 4 is 23.3 Å². The Hall–Kier alpha value is -3.42. The van der Waals surface area contributed by atoms with Crippen molar-refractivity contribution in [3.05, 3.63) is 54.4 Å². The average molecular weight is 397 g/mol. The molecule has 8 heteroatoms. The van der Waals surface area contributed by atoms with Crippen LogP contribution in [0.4, 0.5) is 5.69 Å². The quantitative estimate of drug-likeness (QED) is 0.493. The Balaban J connectivity index is 1.51. The van der Waals surface area contributed by atoms with Crippen molar-refractivity contribution in [2.75, 3.05) is 44.3 Å². The van der Waals surface area contributed by atoms with Crippen LogP contribution in [0.25, 0.3) is 0 Å². The number of esters is 1. The van der Waals surface area contributed by atoms with Gasteiger partial charge in [0.1, 0.15) is 5.75 Å². The summed E-state index contributed by atoms with van der Waals surface area (Å²) in [5.74, 6) is -0.211. The molecule has 152 valence electrons. The molecule has 1 aromatic heterocycles. The normalized spacial score (nSPS) is 13.9. The van der Waals surface area contributed by atoms with E-state index in [0.717, 1.165) is 5.69 Å². The fourth-order valence-electron chi connectivity index (χ4n) is 3.00. The lowest BCUT2D eigenvalue weighted by Gasteiger charge is -2.35. The standard InChI is InChI=1S/C21H23N3O5/c1-2-28-21(27)15-29-18-5-3-16(4-6-18)19(25)13-24-12-11-23(14-20(24)26)17-7-9-22-10-8-17/h3-10H,2,11-15H2,1H3. The summed E-state index contributed by atoms with van der Waals surface area (Å²) >= 11 is 0. The van der Waals surface area contributed by atoms with Gasteiger partial charge in [-0.15, -0.1) is 0 Å². The van der Waals surface area contributed by atoms with E-state index in [1.807, 2.05) is 17.0 Å². The number of carbonyl (C=O) groups excluding carboxylic acids is 3. The number of ketones is 1. The first-order valence-electron chi connectivity index (χ1n) is 9.41. The lowest BCUT2D eigenvalue weighted by atomic mass is 10.1. The van der Waals surface area contributed by atoms with Gasteiger partial charge >= 0.3 is 5.97 Å². The summed E-state index contributed by atoms with van der Waals surface area (Å²) in [4.78, 5) is 43.8. The number of anilines is 1. The smallest absolute Gasteiger partial charge is 0.344 e. The van der Waals surface area contributed by atoms with E-state index in [1.54, 1.807) is 48.5 Å². The summed E-state index contributed by atoms with van der Waals surface area (Å²) in [5.41, 5.74) is 1.43. The predicted octanol–water partition coefficient (Wildman–Crippen LogP) is 1.55. The molecule has 1 amide bonds. The van der Waals surface area contributed by atoms with Gasteiger partial charge in [0.25, 0.3) is 0 Å². The monoisotopic (exact) mass is 397 g/mol. The maximum absolute atomic E-state index is 12.5. The molecule has 1 saturated heterocycles. The first kappa shape index (κ1) is 20.3. The number of hydrogen-bond donors (Lipinski definition) is 0. The second-order valence-corrected chi connectivity index (χ2v) is 6.48. The molecule has 0 radical (unpaired) electrons. The number of aromatic nitrogens is 1. The highest BCUT2D eigenvalue weighted by Gasteiger charge is 2.26. The number of pyridine rings is 1. The molecule has 1 aliphatic heterocycles. The summed E-state index contributed by atoms with van der Waals surface area (Å²) in [7, 11) is 0. The van der Waals surface area contributed by atoms with E-state index >= 15 is 0 Å². The summed E-state index contributed by atoms with van der Waals surface area (Å²) in [5, 5.41) is 0. The van der Waals surface area contributed by atoms with E-state index in [0.29, 0.717) is 31.0 Å². The molecular formula is C21H23N3O5. The number of nitrogens with zero attached hydrogens (tertiary/aromatic N) is 3. The number of Topliss-reactive ketones (excluding diaryl/α,β-unsaturated/α-hetero) is 1. The predicted molar refractivity (Wildman–Crippen MR) is 106 cm³/mol. The van der Waals surface area contributed by atoms with Gasteiger partial charge in [0, 0.05) is 36.7 Å². The molecule has 0 aliphatic carbocycles. The molecule has 2 aromatic rings. The maximum atomic E-state index is 12.5. The minimum absolute atomic E-state index is 0.0338. The van der Waals surface area contributed by atoms with Crippen LogP contribution in [0.2, 0.25) is 0 Å². The number of rotatable bonds is 8. The van der Waals surface area contributed by atoms with Crippen LogP contribution >= 0.6 is 0 Å². The summed E-state index contributed by atoms with van der Waals surface area (Å²) in [6.07, 6.45) is 3.38. The molecule has 1 fully saturated rings. The lowest BCUT2D eigenvalue weighted by molar-refractivity contribution is -0.145. The average Bonchev–Trinajstić information content (AvgIpc) is 2.75. The highest BCUT2D eigenvalue weighted by molar-refractivity contribution is 6.00. The van der Waals surface area contributed by atoms with Crippen molar-refractivity contribution in [1.29, 1.82) is 0 Å². The fourth-order valence-corrected chi connectivity index (χ4v) is 3.00. The highest BCUT2D eigenvalue weighted by atomic mass is 16.6. The van der Waals surface area contributed by atoms with Crippen LogP contribution < -0.4 is 9.64 Å². The molecule has 1 aliphatic rings. The van der Waals surface area contributed by atoms with Crippen molar-refractivity contribution in [2.45, 2.75) is 6.92 Å². The van der Waals surface area contributed by atoms with E-state index in [4.69, 9.17) is 9.47 Å². The molecule has 0 N–H and O–H groups in total. The molecule has 29 heavy (non-hydrogen) atoms. The van der Waals surface area contributed by atoms with Crippen molar-refractivity contribution in [3.8, 4) is 5.75 Å². The molecule has 3 rings (SSSR count). The topological polar surface area (TPSA) is 89.0 Å². The number of piperazine rings is 1. The third-order valence-corrected chi connectivity index (χ3v) is 4.52. The van der Waals surface area contributed by atoms with Crippen LogP contribution in [0.3, 0.4) is 0 Å². The number of carbonyl (C=O) groups is 3. The number of benzene rings is 1. The Morgan fingerprint density at radius 2 is 1.79 bits per heavy atom. The van der Waals surface area contributed by atoms with Crippen LogP contribution in [0, 0.1) is 0 Å². The van der Waals surface area contributed by atoms with Crippen LogP contribution in [0.15, 0.2) is 48.8 Å². The van der Waals surface area contributed by atoms with Crippen molar-refractivity contribution in [2.24, 2.45) is 0 Å². The Labute approximate surface area is 169 Å². The van der Waals surface area contributed by atoms with Gasteiger partial charge in [-0.3, -0.25) is 14.6 Å². The van der Waals surface area contributed by atoms with Crippen LogP contribution in [0.5, 0.6) is 5.75 Å². The van der Waals surface area contributed by atoms with Gasteiger partial charge < -0.3 is 19.3 Å². The lowest BCUT2D eigenvalue weighted by Crippen LogP contribution is -2.51. The third kappa shape index (κ3) is 5.54. The van der Waals surface area contributed by atoms with Crippen LogP contribution in [-0.2, 0) is 14.3 Å². The van der Waals surface area contributed by atoms with Gasteiger partial charge in [-0.25, -0.2) is 4.79 Å². The first-order valence-corrected chi connectivity index (χ1v) is 9.41. The molecule has 0 spiro atoms. The Morgan fingerprint density at radius 1 is 1.07 bits per heavy atom. The second-order valence-electron chi connectivity index (χ2n) is 6.48. The van der Waals surface area contributed by atoms with E-state index < -0.39 is 5.97 Å². The molecule has 2 heterocycles. The minimum atomic E-state index is -0.447. The van der Waals surface area contributed by atoms with Gasteiger partial charge in [0.05, 0.1) is 19.7 Å². The van der Waals surface area contributed by atoms with Gasteiger partial charge in [-0.05, 0) is 43.3 Å². The van der Waals surface area contributed by atoms with E-state index in [9.17, 15) is 14.4 Å². The number of ether oxygens (including phenoxy) is 2. The molecule has 8 nitrogen and oxygen atoms in total. The minimum Gasteiger partial charge on any atom is -0.482 e. The Morgan fingerprint density at radius 3 is 2.45 bits per heavy atom. The molecule has 1 aromatic carbocycles. The van der Waals surface area contributed by atoms with Gasteiger partial charge in [0.15, 0.2) is 12.4 Å². The van der Waals surface area contributed by atoms with Gasteiger partial charge in [-0.2, -0.15) is 0 Å². The molecule has 0 unspecified atom stereocenters. The van der Waals surface area contributed by atoms with E-state index in [1.165, 1.54) is 0 Å². The fraction of sp³-hybridized carbons (Fsp3) is 0.333. The first-order chi connectivity index (χ1) is 14.1. The maximum Gasteiger partial charge on any atom is 0.344 e. The molecule has 0 bridgehead atoms. The van der Waals surface area contributed by atoms with E-state index in [2.05, 4.69) is 4.98 Å². The van der Waals surface area contributed by atoms with Crippen molar-refractivity contribution < 1.29 is 23.9 Å². The van der Waals surface area contributed by atoms with Crippen LogP contribution in [-0.4, -0.2) is 66.9 Å². The molecule has 0 saturated carbocycles. The zero-order chi connectivity index (χ0) is 20.6.